The number of methoxy groups -OCH3 is 1. The molecule has 2 rings (SSSR count). The first-order valence-electron chi connectivity index (χ1n) is 9.33. The van der Waals surface area contributed by atoms with E-state index in [0.29, 0.717) is 16.9 Å². The monoisotopic (exact) mass is 398 g/mol. The van der Waals surface area contributed by atoms with Crippen LogP contribution in [0.3, 0.4) is 0 Å². The number of carbonyl (C=O) groups is 3. The van der Waals surface area contributed by atoms with Crippen LogP contribution in [0.2, 0.25) is 0 Å². The molecule has 0 saturated carbocycles. The fraction of sp³-hybridized carbons (Fsp3) is 0.318. The Hall–Kier alpha value is -3.35. The molecule has 0 radical (unpaired) electrons. The van der Waals surface area contributed by atoms with Gasteiger partial charge in [-0.25, -0.2) is 4.79 Å². The number of hydrogen-bond acceptors (Lipinski definition) is 5. The summed E-state index contributed by atoms with van der Waals surface area (Å²) in [5.41, 5.74) is 1.66. The van der Waals surface area contributed by atoms with Crippen molar-refractivity contribution in [3.05, 3.63) is 54.1 Å². The maximum atomic E-state index is 12.3. The van der Waals surface area contributed by atoms with Crippen molar-refractivity contribution in [3.63, 3.8) is 0 Å². The van der Waals surface area contributed by atoms with E-state index in [1.165, 1.54) is 14.0 Å². The van der Waals surface area contributed by atoms with Crippen LogP contribution in [0.4, 0.5) is 11.4 Å². The largest absolute Gasteiger partial charge is 0.491 e. The lowest BCUT2D eigenvalue weighted by molar-refractivity contribution is -0.117. The third kappa shape index (κ3) is 6.64. The number of amides is 2. The average molecular weight is 398 g/mol. The molecular weight excluding hydrogens is 372 g/mol. The third-order valence-electron chi connectivity index (χ3n) is 4.05. The van der Waals surface area contributed by atoms with Crippen LogP contribution in [0.5, 0.6) is 5.75 Å². The molecule has 0 heterocycles. The number of esters is 1. The molecule has 29 heavy (non-hydrogen) atoms. The maximum absolute atomic E-state index is 12.3. The standard InChI is InChI=1S/C22H26N2O5/c1-15(2)29-20-11-9-19(10-12-20)24(16(3)25)14-13-21(26)23-18-7-5-17(6-8-18)22(27)28-4/h5-12,15H,13-14H2,1-4H3,(H,23,26). The number of ether oxygens (including phenoxy) is 2. The van der Waals surface area contributed by atoms with Gasteiger partial charge < -0.3 is 19.7 Å². The van der Waals surface area contributed by atoms with Gasteiger partial charge in [0.1, 0.15) is 5.75 Å². The van der Waals surface area contributed by atoms with E-state index < -0.39 is 5.97 Å². The van der Waals surface area contributed by atoms with Gasteiger partial charge in [0.05, 0.1) is 18.8 Å². The molecule has 0 aromatic heterocycles. The molecule has 2 amide bonds. The summed E-state index contributed by atoms with van der Waals surface area (Å²) >= 11 is 0. The van der Waals surface area contributed by atoms with Gasteiger partial charge in [-0.3, -0.25) is 9.59 Å². The Morgan fingerprint density at radius 2 is 1.62 bits per heavy atom. The molecule has 0 saturated heterocycles. The summed E-state index contributed by atoms with van der Waals surface area (Å²) in [7, 11) is 1.31. The Morgan fingerprint density at radius 1 is 1.00 bits per heavy atom. The summed E-state index contributed by atoms with van der Waals surface area (Å²) in [6, 6.07) is 13.6. The lowest BCUT2D eigenvalue weighted by Crippen LogP contribution is -2.31. The maximum Gasteiger partial charge on any atom is 0.337 e. The molecule has 0 aliphatic heterocycles. The first kappa shape index (κ1) is 21.9. The highest BCUT2D eigenvalue weighted by atomic mass is 16.5. The van der Waals surface area contributed by atoms with Crippen molar-refractivity contribution in [2.75, 3.05) is 23.9 Å². The van der Waals surface area contributed by atoms with Crippen molar-refractivity contribution in [1.29, 1.82) is 0 Å². The number of rotatable bonds is 8. The van der Waals surface area contributed by atoms with E-state index in [0.717, 1.165) is 5.75 Å². The predicted octanol–water partition coefficient (Wildman–Crippen LogP) is 3.64. The first-order valence-corrected chi connectivity index (χ1v) is 9.33. The average Bonchev–Trinajstić information content (AvgIpc) is 2.68. The molecule has 0 aliphatic rings. The normalized spacial score (nSPS) is 10.4. The van der Waals surface area contributed by atoms with Crippen LogP contribution in [0.15, 0.2) is 48.5 Å². The molecule has 0 bridgehead atoms. The highest BCUT2D eigenvalue weighted by molar-refractivity contribution is 5.95. The summed E-state index contributed by atoms with van der Waals surface area (Å²) in [5, 5.41) is 2.75. The summed E-state index contributed by atoms with van der Waals surface area (Å²) < 4.78 is 10.2. The number of nitrogens with zero attached hydrogens (tertiary/aromatic N) is 1. The molecule has 0 spiro atoms. The number of benzene rings is 2. The smallest absolute Gasteiger partial charge is 0.337 e. The Labute approximate surface area is 170 Å². The van der Waals surface area contributed by atoms with E-state index in [-0.39, 0.29) is 30.9 Å². The molecule has 0 fully saturated rings. The first-order chi connectivity index (χ1) is 13.8. The highest BCUT2D eigenvalue weighted by Gasteiger charge is 2.14. The van der Waals surface area contributed by atoms with Crippen LogP contribution in [0, 0.1) is 0 Å². The second kappa shape index (κ2) is 10.3. The van der Waals surface area contributed by atoms with Crippen molar-refractivity contribution in [1.82, 2.24) is 0 Å². The molecule has 2 aromatic rings. The van der Waals surface area contributed by atoms with E-state index >= 15 is 0 Å². The molecule has 1 N–H and O–H groups in total. The van der Waals surface area contributed by atoms with Crippen LogP contribution in [0.25, 0.3) is 0 Å². The number of hydrogen-bond donors (Lipinski definition) is 1. The van der Waals surface area contributed by atoms with Crippen molar-refractivity contribution < 1.29 is 23.9 Å². The molecule has 0 unspecified atom stereocenters. The minimum absolute atomic E-state index is 0.0649. The van der Waals surface area contributed by atoms with Gasteiger partial charge in [-0.1, -0.05) is 0 Å². The van der Waals surface area contributed by atoms with Gasteiger partial charge in [0.2, 0.25) is 11.8 Å². The van der Waals surface area contributed by atoms with Crippen molar-refractivity contribution >= 4 is 29.2 Å². The van der Waals surface area contributed by atoms with Crippen LogP contribution in [-0.2, 0) is 14.3 Å². The fourth-order valence-corrected chi connectivity index (χ4v) is 2.69. The Bertz CT molecular complexity index is 845. The number of carbonyl (C=O) groups excluding carboxylic acids is 3. The van der Waals surface area contributed by atoms with Gasteiger partial charge in [0.15, 0.2) is 0 Å². The zero-order chi connectivity index (χ0) is 21.4. The van der Waals surface area contributed by atoms with E-state index in [1.807, 2.05) is 13.8 Å². The number of nitrogens with one attached hydrogen (secondary N) is 1. The van der Waals surface area contributed by atoms with Gasteiger partial charge in [-0.2, -0.15) is 0 Å². The molecule has 0 atom stereocenters. The summed E-state index contributed by atoms with van der Waals surface area (Å²) in [6.07, 6.45) is 0.193. The van der Waals surface area contributed by atoms with E-state index in [2.05, 4.69) is 10.1 Å². The lowest BCUT2D eigenvalue weighted by atomic mass is 10.2. The molecule has 154 valence electrons. The highest BCUT2D eigenvalue weighted by Crippen LogP contribution is 2.21. The Morgan fingerprint density at radius 3 is 2.14 bits per heavy atom. The Balaban J connectivity index is 1.95. The fourth-order valence-electron chi connectivity index (χ4n) is 2.69. The van der Waals surface area contributed by atoms with Crippen molar-refractivity contribution in [2.24, 2.45) is 0 Å². The SMILES string of the molecule is COC(=O)c1ccc(NC(=O)CCN(C(C)=O)c2ccc(OC(C)C)cc2)cc1. The molecular formula is C22H26N2O5. The zero-order valence-corrected chi connectivity index (χ0v) is 17.1. The van der Waals surface area contributed by atoms with E-state index in [9.17, 15) is 14.4 Å². The van der Waals surface area contributed by atoms with Gasteiger partial charge >= 0.3 is 5.97 Å². The quantitative estimate of drug-likeness (QED) is 0.686. The number of anilines is 2. The van der Waals surface area contributed by atoms with Crippen molar-refractivity contribution in [3.8, 4) is 5.75 Å². The van der Waals surface area contributed by atoms with Gasteiger partial charge in [-0.05, 0) is 62.4 Å². The van der Waals surface area contributed by atoms with Gasteiger partial charge in [-0.15, -0.1) is 0 Å². The van der Waals surface area contributed by atoms with Crippen LogP contribution >= 0.6 is 0 Å². The second-order valence-corrected chi connectivity index (χ2v) is 6.70. The summed E-state index contributed by atoms with van der Waals surface area (Å²) in [4.78, 5) is 37.3. The minimum Gasteiger partial charge on any atom is -0.491 e. The minimum atomic E-state index is -0.440. The third-order valence-corrected chi connectivity index (χ3v) is 4.05. The van der Waals surface area contributed by atoms with Crippen LogP contribution in [0.1, 0.15) is 37.6 Å². The van der Waals surface area contributed by atoms with Gasteiger partial charge in [0, 0.05) is 31.3 Å². The topological polar surface area (TPSA) is 84.9 Å². The zero-order valence-electron chi connectivity index (χ0n) is 17.1. The van der Waals surface area contributed by atoms with E-state index in [1.54, 1.807) is 53.4 Å². The predicted molar refractivity (Wildman–Crippen MR) is 111 cm³/mol. The van der Waals surface area contributed by atoms with Crippen molar-refractivity contribution in [2.45, 2.75) is 33.3 Å². The lowest BCUT2D eigenvalue weighted by Gasteiger charge is -2.21. The Kier molecular flexibility index (Phi) is 7.77. The summed E-state index contributed by atoms with van der Waals surface area (Å²) in [5.74, 6) is -0.107. The van der Waals surface area contributed by atoms with E-state index in [4.69, 9.17) is 4.74 Å². The van der Waals surface area contributed by atoms with Crippen LogP contribution in [-0.4, -0.2) is 37.5 Å². The van der Waals surface area contributed by atoms with Gasteiger partial charge in [0.25, 0.3) is 0 Å². The molecule has 2 aromatic carbocycles. The molecule has 7 nitrogen and oxygen atoms in total. The second-order valence-electron chi connectivity index (χ2n) is 6.70. The molecule has 7 heteroatoms. The molecule has 0 aliphatic carbocycles. The van der Waals surface area contributed by atoms with Crippen LogP contribution < -0.4 is 15.0 Å². The summed E-state index contributed by atoms with van der Waals surface area (Å²) in [6.45, 7) is 5.59.